The second kappa shape index (κ2) is 9.54. The summed E-state index contributed by atoms with van der Waals surface area (Å²) in [4.78, 5) is 36.7. The van der Waals surface area contributed by atoms with Crippen molar-refractivity contribution in [1.29, 1.82) is 0 Å². The highest BCUT2D eigenvalue weighted by Gasteiger charge is 2.26. The number of hydrogen-bond acceptors (Lipinski definition) is 4. The molecule has 0 spiro atoms. The molecule has 2 aromatic carbocycles. The van der Waals surface area contributed by atoms with Crippen LogP contribution in [-0.2, 0) is 14.3 Å². The van der Waals surface area contributed by atoms with Crippen molar-refractivity contribution in [3.8, 4) is 0 Å². The molecule has 2 N–H and O–H groups in total. The van der Waals surface area contributed by atoms with Gasteiger partial charge < -0.3 is 15.4 Å². The summed E-state index contributed by atoms with van der Waals surface area (Å²) in [5, 5.41) is 7.52. The lowest BCUT2D eigenvalue weighted by atomic mass is 9.86. The van der Waals surface area contributed by atoms with Crippen LogP contribution in [0.5, 0.6) is 0 Å². The van der Waals surface area contributed by atoms with E-state index in [0.29, 0.717) is 11.5 Å². The molecule has 1 aliphatic carbocycles. The van der Waals surface area contributed by atoms with Crippen molar-refractivity contribution in [2.75, 3.05) is 6.54 Å². The third kappa shape index (κ3) is 5.56. The average Bonchev–Trinajstić information content (AvgIpc) is 2.73. The molecule has 0 unspecified atom stereocenters. The third-order valence-electron chi connectivity index (χ3n) is 5.52. The molecule has 0 bridgehead atoms. The molecule has 3 rings (SSSR count). The van der Waals surface area contributed by atoms with Gasteiger partial charge in [0.1, 0.15) is 6.54 Å². The quantitative estimate of drug-likeness (QED) is 0.735. The van der Waals surface area contributed by atoms with Crippen LogP contribution in [0.4, 0.5) is 0 Å². The molecule has 1 saturated carbocycles. The van der Waals surface area contributed by atoms with E-state index in [1.54, 1.807) is 19.1 Å². The number of ether oxygens (including phenoxy) is 1. The Hall–Kier alpha value is -2.89. The highest BCUT2D eigenvalue weighted by molar-refractivity contribution is 5.99. The van der Waals surface area contributed by atoms with Crippen LogP contribution < -0.4 is 10.6 Å². The van der Waals surface area contributed by atoms with E-state index < -0.39 is 12.1 Å². The zero-order valence-electron chi connectivity index (χ0n) is 16.9. The smallest absolute Gasteiger partial charge is 0.326 e. The monoisotopic (exact) mass is 396 g/mol. The lowest BCUT2D eigenvalue weighted by molar-refractivity contribution is -0.154. The third-order valence-corrected chi connectivity index (χ3v) is 5.52. The number of amides is 2. The van der Waals surface area contributed by atoms with Gasteiger partial charge in [-0.05, 0) is 48.6 Å². The Bertz CT molecular complexity index is 895. The van der Waals surface area contributed by atoms with Crippen LogP contribution in [0.1, 0.15) is 49.9 Å². The van der Waals surface area contributed by atoms with Gasteiger partial charge in [-0.3, -0.25) is 14.4 Å². The van der Waals surface area contributed by atoms with Crippen LogP contribution in [0.25, 0.3) is 10.8 Å². The molecule has 3 atom stereocenters. The van der Waals surface area contributed by atoms with Gasteiger partial charge in [0.2, 0.25) is 0 Å². The SMILES string of the molecule is C[C@H](OC(=O)CNC(=O)c1ccc2ccccc2c1)C(=O)N[C@@H]1CCCC[C@@H]1C. The van der Waals surface area contributed by atoms with Gasteiger partial charge in [-0.1, -0.05) is 50.1 Å². The molecule has 0 aliphatic heterocycles. The molecule has 1 aliphatic rings. The van der Waals surface area contributed by atoms with Gasteiger partial charge in [0.15, 0.2) is 6.10 Å². The molecule has 0 saturated heterocycles. The first-order chi connectivity index (χ1) is 13.9. The number of carbonyl (C=O) groups is 3. The van der Waals surface area contributed by atoms with Crippen molar-refractivity contribution in [2.24, 2.45) is 5.92 Å². The van der Waals surface area contributed by atoms with Gasteiger partial charge in [0.05, 0.1) is 0 Å². The minimum Gasteiger partial charge on any atom is -0.451 e. The van der Waals surface area contributed by atoms with Crippen molar-refractivity contribution in [3.63, 3.8) is 0 Å². The van der Waals surface area contributed by atoms with Gasteiger partial charge in [-0.25, -0.2) is 0 Å². The van der Waals surface area contributed by atoms with Crippen LogP contribution in [0.3, 0.4) is 0 Å². The summed E-state index contributed by atoms with van der Waals surface area (Å²) < 4.78 is 5.18. The molecule has 0 aromatic heterocycles. The van der Waals surface area contributed by atoms with E-state index in [-0.39, 0.29) is 24.4 Å². The lowest BCUT2D eigenvalue weighted by Crippen LogP contribution is -2.46. The van der Waals surface area contributed by atoms with Crippen molar-refractivity contribution in [3.05, 3.63) is 48.0 Å². The number of nitrogens with one attached hydrogen (secondary N) is 2. The maximum absolute atomic E-state index is 12.3. The highest BCUT2D eigenvalue weighted by atomic mass is 16.5. The Morgan fingerprint density at radius 1 is 1.07 bits per heavy atom. The molecule has 6 nitrogen and oxygen atoms in total. The second-order valence-electron chi connectivity index (χ2n) is 7.75. The summed E-state index contributed by atoms with van der Waals surface area (Å²) in [5.74, 6) is -0.867. The summed E-state index contributed by atoms with van der Waals surface area (Å²) >= 11 is 0. The Morgan fingerprint density at radius 3 is 2.55 bits per heavy atom. The molecule has 6 heteroatoms. The molecule has 29 heavy (non-hydrogen) atoms. The van der Waals surface area contributed by atoms with Gasteiger partial charge in [0.25, 0.3) is 11.8 Å². The van der Waals surface area contributed by atoms with Crippen molar-refractivity contribution >= 4 is 28.6 Å². The van der Waals surface area contributed by atoms with Crippen LogP contribution in [0, 0.1) is 5.92 Å². The van der Waals surface area contributed by atoms with E-state index >= 15 is 0 Å². The van der Waals surface area contributed by atoms with Crippen molar-refractivity contribution in [1.82, 2.24) is 10.6 Å². The molecule has 154 valence electrons. The Morgan fingerprint density at radius 2 is 1.79 bits per heavy atom. The van der Waals surface area contributed by atoms with Crippen molar-refractivity contribution < 1.29 is 19.1 Å². The number of hydrogen-bond donors (Lipinski definition) is 2. The Labute approximate surface area is 171 Å². The fourth-order valence-corrected chi connectivity index (χ4v) is 3.71. The predicted octanol–water partition coefficient (Wildman–Crippen LogP) is 3.20. The second-order valence-corrected chi connectivity index (χ2v) is 7.75. The van der Waals surface area contributed by atoms with E-state index in [9.17, 15) is 14.4 Å². The highest BCUT2D eigenvalue weighted by Crippen LogP contribution is 2.23. The van der Waals surface area contributed by atoms with Gasteiger partial charge in [-0.15, -0.1) is 0 Å². The van der Waals surface area contributed by atoms with E-state index in [4.69, 9.17) is 4.74 Å². The summed E-state index contributed by atoms with van der Waals surface area (Å²) in [7, 11) is 0. The zero-order chi connectivity index (χ0) is 20.8. The van der Waals surface area contributed by atoms with Crippen LogP contribution in [0.2, 0.25) is 0 Å². The number of esters is 1. The van der Waals surface area contributed by atoms with E-state index in [1.807, 2.05) is 30.3 Å². The lowest BCUT2D eigenvalue weighted by Gasteiger charge is -2.30. The van der Waals surface area contributed by atoms with Crippen molar-refractivity contribution in [2.45, 2.75) is 51.7 Å². The number of carbonyl (C=O) groups excluding carboxylic acids is 3. The normalized spacial score (nSPS) is 19.9. The van der Waals surface area contributed by atoms with E-state index in [2.05, 4.69) is 17.6 Å². The predicted molar refractivity (Wildman–Crippen MR) is 111 cm³/mol. The van der Waals surface area contributed by atoms with Crippen LogP contribution >= 0.6 is 0 Å². The van der Waals surface area contributed by atoms with E-state index in [1.165, 1.54) is 6.42 Å². The Kier molecular flexibility index (Phi) is 6.86. The number of fused-ring (bicyclic) bond motifs is 1. The first kappa shape index (κ1) is 20.8. The first-order valence-electron chi connectivity index (χ1n) is 10.2. The first-order valence-corrected chi connectivity index (χ1v) is 10.2. The van der Waals surface area contributed by atoms with Gasteiger partial charge in [0, 0.05) is 11.6 Å². The topological polar surface area (TPSA) is 84.5 Å². The zero-order valence-corrected chi connectivity index (χ0v) is 16.9. The molecule has 2 aromatic rings. The van der Waals surface area contributed by atoms with Gasteiger partial charge in [-0.2, -0.15) is 0 Å². The summed E-state index contributed by atoms with van der Waals surface area (Å²) in [6.07, 6.45) is 3.45. The summed E-state index contributed by atoms with van der Waals surface area (Å²) in [6, 6.07) is 13.2. The fraction of sp³-hybridized carbons (Fsp3) is 0.435. The number of benzene rings is 2. The fourth-order valence-electron chi connectivity index (χ4n) is 3.71. The molecule has 0 radical (unpaired) electrons. The average molecular weight is 396 g/mol. The van der Waals surface area contributed by atoms with Crippen LogP contribution in [0.15, 0.2) is 42.5 Å². The summed E-state index contributed by atoms with van der Waals surface area (Å²) in [6.45, 7) is 3.39. The maximum Gasteiger partial charge on any atom is 0.326 e. The standard InChI is InChI=1S/C23H28N2O4/c1-15-7-3-6-10-20(15)25-22(27)16(2)29-21(26)14-24-23(28)19-12-11-17-8-4-5-9-18(17)13-19/h4-5,8-9,11-13,15-16,20H,3,6-7,10,14H2,1-2H3,(H,24,28)(H,25,27)/t15-,16-,20+/m0/s1. The molecule has 1 fully saturated rings. The largest absolute Gasteiger partial charge is 0.451 e. The van der Waals surface area contributed by atoms with Crippen LogP contribution in [-0.4, -0.2) is 36.5 Å². The van der Waals surface area contributed by atoms with Gasteiger partial charge >= 0.3 is 5.97 Å². The minimum atomic E-state index is -0.894. The minimum absolute atomic E-state index is 0.130. The molecular weight excluding hydrogens is 368 g/mol. The Balaban J connectivity index is 1.46. The molecular formula is C23H28N2O4. The summed E-state index contributed by atoms with van der Waals surface area (Å²) in [5.41, 5.74) is 0.466. The number of rotatable bonds is 6. The molecule has 2 amide bonds. The molecule has 0 heterocycles. The van der Waals surface area contributed by atoms with E-state index in [0.717, 1.165) is 30.0 Å². The maximum atomic E-state index is 12.3.